The first kappa shape index (κ1) is 20.3. The number of rotatable bonds is 4. The Labute approximate surface area is 138 Å². The zero-order chi connectivity index (χ0) is 19.4. The standard InChI is InChI=1S/C15H11F6NO3/c1-3-4-11(13(24)25-2)22-12(23)8-5-9(14(16,17)18)7-10(6-8)15(19,20)21/h1,5-7,11H,4H2,2H3,(H,22,23)/t11-/m0/s1. The molecule has 4 nitrogen and oxygen atoms in total. The lowest BCUT2D eigenvalue weighted by Crippen LogP contribution is -2.41. The Bertz CT molecular complexity index is 670. The summed E-state index contributed by atoms with van der Waals surface area (Å²) in [7, 11) is 0.976. The van der Waals surface area contributed by atoms with Gasteiger partial charge in [0.05, 0.1) is 18.2 Å². The second kappa shape index (κ2) is 7.46. The Kier molecular flexibility index (Phi) is 6.07. The minimum atomic E-state index is -5.10. The second-order valence-corrected chi connectivity index (χ2v) is 4.75. The number of alkyl halides is 6. The molecule has 1 aromatic carbocycles. The molecule has 0 bridgehead atoms. The van der Waals surface area contributed by atoms with E-state index in [9.17, 15) is 35.9 Å². The molecule has 1 N–H and O–H groups in total. The van der Waals surface area contributed by atoms with Crippen LogP contribution >= 0.6 is 0 Å². The smallest absolute Gasteiger partial charge is 0.416 e. The van der Waals surface area contributed by atoms with Crippen LogP contribution < -0.4 is 5.32 Å². The minimum Gasteiger partial charge on any atom is -0.467 e. The van der Waals surface area contributed by atoms with Crippen LogP contribution in [0.15, 0.2) is 18.2 Å². The predicted octanol–water partition coefficient (Wildman–Crippen LogP) is 3.02. The lowest BCUT2D eigenvalue weighted by molar-refractivity contribution is -0.144. The van der Waals surface area contributed by atoms with Gasteiger partial charge in [-0.05, 0) is 18.2 Å². The number of amides is 1. The van der Waals surface area contributed by atoms with E-state index < -0.39 is 47.0 Å². The number of esters is 1. The van der Waals surface area contributed by atoms with Gasteiger partial charge in [-0.2, -0.15) is 26.3 Å². The average molecular weight is 367 g/mol. The van der Waals surface area contributed by atoms with Gasteiger partial charge in [-0.25, -0.2) is 4.79 Å². The molecule has 0 aliphatic heterocycles. The molecule has 1 amide bonds. The molecule has 0 saturated heterocycles. The number of carbonyl (C=O) groups excluding carboxylic acids is 2. The van der Waals surface area contributed by atoms with Crippen LogP contribution in [0.1, 0.15) is 27.9 Å². The molecule has 1 aromatic rings. The zero-order valence-electron chi connectivity index (χ0n) is 12.6. The molecule has 136 valence electrons. The summed E-state index contributed by atoms with van der Waals surface area (Å²) >= 11 is 0. The molecular weight excluding hydrogens is 356 g/mol. The predicted molar refractivity (Wildman–Crippen MR) is 73.2 cm³/mol. The third-order valence-electron chi connectivity index (χ3n) is 2.96. The maximum Gasteiger partial charge on any atom is 0.416 e. The topological polar surface area (TPSA) is 55.4 Å². The van der Waals surface area contributed by atoms with Gasteiger partial charge in [0.15, 0.2) is 0 Å². The second-order valence-electron chi connectivity index (χ2n) is 4.75. The molecule has 25 heavy (non-hydrogen) atoms. The molecule has 0 aliphatic rings. The van der Waals surface area contributed by atoms with E-state index in [2.05, 4.69) is 4.74 Å². The number of benzene rings is 1. The molecule has 0 heterocycles. The third kappa shape index (κ3) is 5.41. The van der Waals surface area contributed by atoms with Gasteiger partial charge in [0, 0.05) is 12.0 Å². The highest BCUT2D eigenvalue weighted by molar-refractivity contribution is 5.97. The number of hydrogen-bond donors (Lipinski definition) is 1. The highest BCUT2D eigenvalue weighted by atomic mass is 19.4. The summed E-state index contributed by atoms with van der Waals surface area (Å²) in [6.07, 6.45) is -5.57. The molecule has 1 rings (SSSR count). The highest BCUT2D eigenvalue weighted by Gasteiger charge is 2.37. The maximum atomic E-state index is 12.8. The van der Waals surface area contributed by atoms with Crippen LogP contribution in [0.25, 0.3) is 0 Å². The van der Waals surface area contributed by atoms with E-state index in [0.29, 0.717) is 0 Å². The van der Waals surface area contributed by atoms with E-state index in [4.69, 9.17) is 6.42 Å². The largest absolute Gasteiger partial charge is 0.467 e. The molecule has 0 radical (unpaired) electrons. The monoisotopic (exact) mass is 367 g/mol. The third-order valence-corrected chi connectivity index (χ3v) is 2.96. The lowest BCUT2D eigenvalue weighted by Gasteiger charge is -2.16. The van der Waals surface area contributed by atoms with Crippen molar-refractivity contribution in [2.24, 2.45) is 0 Å². The fraction of sp³-hybridized carbons (Fsp3) is 0.333. The fourth-order valence-corrected chi connectivity index (χ4v) is 1.78. The summed E-state index contributed by atoms with van der Waals surface area (Å²) in [5.74, 6) is -0.287. The zero-order valence-corrected chi connectivity index (χ0v) is 12.6. The SMILES string of the molecule is C#CC[C@H](NC(=O)c1cc(C(F)(F)F)cc(C(F)(F)F)c1)C(=O)OC. The number of ether oxygens (including phenoxy) is 1. The van der Waals surface area contributed by atoms with Gasteiger partial charge in [-0.15, -0.1) is 12.3 Å². The number of nitrogens with one attached hydrogen (secondary N) is 1. The van der Waals surface area contributed by atoms with E-state index >= 15 is 0 Å². The van der Waals surface area contributed by atoms with E-state index in [-0.39, 0.29) is 24.6 Å². The molecule has 0 aromatic heterocycles. The van der Waals surface area contributed by atoms with Crippen molar-refractivity contribution < 1.29 is 40.7 Å². The van der Waals surface area contributed by atoms with E-state index in [1.165, 1.54) is 0 Å². The van der Waals surface area contributed by atoms with Crippen molar-refractivity contribution in [3.05, 3.63) is 34.9 Å². The Hall–Kier alpha value is -2.70. The van der Waals surface area contributed by atoms with Crippen molar-refractivity contribution in [3.8, 4) is 12.3 Å². The number of methoxy groups -OCH3 is 1. The molecular formula is C15H11F6NO3. The Morgan fingerprint density at radius 2 is 1.60 bits per heavy atom. The fourth-order valence-electron chi connectivity index (χ4n) is 1.78. The van der Waals surface area contributed by atoms with Crippen molar-refractivity contribution in [3.63, 3.8) is 0 Å². The summed E-state index contributed by atoms with van der Waals surface area (Å²) in [6.45, 7) is 0. The molecule has 0 saturated carbocycles. The van der Waals surface area contributed by atoms with E-state index in [0.717, 1.165) is 7.11 Å². The van der Waals surface area contributed by atoms with Gasteiger partial charge in [0.1, 0.15) is 6.04 Å². The molecule has 0 unspecified atom stereocenters. The number of carbonyl (C=O) groups is 2. The van der Waals surface area contributed by atoms with Crippen LogP contribution in [-0.4, -0.2) is 25.0 Å². The Morgan fingerprint density at radius 3 is 1.96 bits per heavy atom. The Morgan fingerprint density at radius 1 is 1.12 bits per heavy atom. The summed E-state index contributed by atoms with van der Waals surface area (Å²) in [4.78, 5) is 23.4. The van der Waals surface area contributed by atoms with Gasteiger partial charge >= 0.3 is 18.3 Å². The first-order valence-electron chi connectivity index (χ1n) is 6.51. The van der Waals surface area contributed by atoms with Crippen molar-refractivity contribution >= 4 is 11.9 Å². The van der Waals surface area contributed by atoms with Crippen LogP contribution in [0.4, 0.5) is 26.3 Å². The van der Waals surface area contributed by atoms with Gasteiger partial charge < -0.3 is 10.1 Å². The summed E-state index contributed by atoms with van der Waals surface area (Å²) in [5, 5.41) is 1.95. The first-order chi connectivity index (χ1) is 11.4. The quantitative estimate of drug-likeness (QED) is 0.506. The first-order valence-corrected chi connectivity index (χ1v) is 6.51. The van der Waals surface area contributed by atoms with Crippen molar-refractivity contribution in [1.82, 2.24) is 5.32 Å². The van der Waals surface area contributed by atoms with Crippen LogP contribution in [-0.2, 0) is 21.9 Å². The maximum absolute atomic E-state index is 12.8. The van der Waals surface area contributed by atoms with E-state index in [1.54, 1.807) is 0 Å². The Balaban J connectivity index is 3.29. The van der Waals surface area contributed by atoms with Crippen LogP contribution in [0.5, 0.6) is 0 Å². The number of hydrogen-bond acceptors (Lipinski definition) is 3. The van der Waals surface area contributed by atoms with Gasteiger partial charge in [0.25, 0.3) is 5.91 Å². The summed E-state index contributed by atoms with van der Waals surface area (Å²) in [5.41, 5.74) is -4.23. The normalized spacial score (nSPS) is 12.9. The molecule has 10 heteroatoms. The molecule has 0 fully saturated rings. The average Bonchev–Trinajstić information content (AvgIpc) is 2.51. The van der Waals surface area contributed by atoms with Gasteiger partial charge in [0.2, 0.25) is 0 Å². The van der Waals surface area contributed by atoms with Gasteiger partial charge in [-0.1, -0.05) is 0 Å². The summed E-state index contributed by atoms with van der Waals surface area (Å²) in [6, 6.07) is -1.04. The van der Waals surface area contributed by atoms with Gasteiger partial charge in [-0.3, -0.25) is 4.79 Å². The summed E-state index contributed by atoms with van der Waals surface area (Å²) < 4.78 is 80.9. The van der Waals surface area contributed by atoms with Crippen LogP contribution in [0, 0.1) is 12.3 Å². The molecule has 0 aliphatic carbocycles. The van der Waals surface area contributed by atoms with Crippen molar-refractivity contribution in [2.45, 2.75) is 24.8 Å². The number of terminal acetylenes is 1. The lowest BCUT2D eigenvalue weighted by atomic mass is 10.0. The van der Waals surface area contributed by atoms with Crippen molar-refractivity contribution in [2.75, 3.05) is 7.11 Å². The van der Waals surface area contributed by atoms with Crippen LogP contribution in [0.3, 0.4) is 0 Å². The van der Waals surface area contributed by atoms with E-state index in [1.807, 2.05) is 11.2 Å². The minimum absolute atomic E-state index is 0.115. The molecule has 1 atom stereocenters. The molecule has 0 spiro atoms. The van der Waals surface area contributed by atoms with Crippen LogP contribution in [0.2, 0.25) is 0 Å². The van der Waals surface area contributed by atoms with Crippen molar-refractivity contribution in [1.29, 1.82) is 0 Å². The number of halogens is 6. The highest BCUT2D eigenvalue weighted by Crippen LogP contribution is 2.36.